The Balaban J connectivity index is 1.70. The minimum Gasteiger partial charge on any atom is -0.484 e. The first-order valence-corrected chi connectivity index (χ1v) is 9.50. The molecule has 1 aromatic rings. The molecule has 144 valence electrons. The Hall–Kier alpha value is -2.08. The lowest BCUT2D eigenvalue weighted by molar-refractivity contribution is -0.140. The van der Waals surface area contributed by atoms with E-state index >= 15 is 0 Å². The highest BCUT2D eigenvalue weighted by Crippen LogP contribution is 2.12. The van der Waals surface area contributed by atoms with Crippen LogP contribution in [0.5, 0.6) is 5.75 Å². The molecule has 0 N–H and O–H groups in total. The SMILES string of the molecule is CCN(CC)CCC(=O)N1CCN(C(=O)COc2ccc(C)cc2)CC1. The van der Waals surface area contributed by atoms with Gasteiger partial charge in [0.1, 0.15) is 5.75 Å². The van der Waals surface area contributed by atoms with Gasteiger partial charge in [-0.2, -0.15) is 0 Å². The van der Waals surface area contributed by atoms with Gasteiger partial charge in [0.25, 0.3) is 5.91 Å². The van der Waals surface area contributed by atoms with Crippen LogP contribution in [0.1, 0.15) is 25.8 Å². The molecule has 26 heavy (non-hydrogen) atoms. The molecule has 2 amide bonds. The number of nitrogens with zero attached hydrogens (tertiary/aromatic N) is 3. The molecule has 0 radical (unpaired) electrons. The fourth-order valence-electron chi connectivity index (χ4n) is 3.03. The molecular weight excluding hydrogens is 330 g/mol. The zero-order chi connectivity index (χ0) is 18.9. The Kier molecular flexibility index (Phi) is 7.91. The molecule has 1 aliphatic rings. The maximum atomic E-state index is 12.3. The number of hydrogen-bond donors (Lipinski definition) is 0. The maximum absolute atomic E-state index is 12.3. The van der Waals surface area contributed by atoms with Gasteiger partial charge in [-0.05, 0) is 32.1 Å². The van der Waals surface area contributed by atoms with E-state index in [1.54, 1.807) is 4.90 Å². The third-order valence-corrected chi connectivity index (χ3v) is 4.90. The summed E-state index contributed by atoms with van der Waals surface area (Å²) in [5.74, 6) is 0.856. The smallest absolute Gasteiger partial charge is 0.260 e. The van der Waals surface area contributed by atoms with Crippen molar-refractivity contribution in [3.63, 3.8) is 0 Å². The van der Waals surface area contributed by atoms with Gasteiger partial charge in [-0.3, -0.25) is 9.59 Å². The van der Waals surface area contributed by atoms with Gasteiger partial charge < -0.3 is 19.4 Å². The predicted molar refractivity (Wildman–Crippen MR) is 102 cm³/mol. The van der Waals surface area contributed by atoms with Crippen molar-refractivity contribution in [1.29, 1.82) is 0 Å². The first-order chi connectivity index (χ1) is 12.5. The second-order valence-corrected chi connectivity index (χ2v) is 6.64. The normalized spacial score (nSPS) is 14.6. The van der Waals surface area contributed by atoms with Gasteiger partial charge in [0.15, 0.2) is 6.61 Å². The number of amides is 2. The van der Waals surface area contributed by atoms with Gasteiger partial charge in [-0.25, -0.2) is 0 Å². The van der Waals surface area contributed by atoms with Crippen LogP contribution in [0.3, 0.4) is 0 Å². The third kappa shape index (κ3) is 6.02. The van der Waals surface area contributed by atoms with Gasteiger partial charge in [0, 0.05) is 39.1 Å². The van der Waals surface area contributed by atoms with Crippen LogP contribution in [0.4, 0.5) is 0 Å². The fraction of sp³-hybridized carbons (Fsp3) is 0.600. The zero-order valence-electron chi connectivity index (χ0n) is 16.2. The Morgan fingerprint density at radius 3 is 2.04 bits per heavy atom. The largest absolute Gasteiger partial charge is 0.484 e. The minimum absolute atomic E-state index is 0.0270. The van der Waals surface area contributed by atoms with Crippen LogP contribution in [0.25, 0.3) is 0 Å². The molecule has 2 rings (SSSR count). The first kappa shape index (κ1) is 20.2. The van der Waals surface area contributed by atoms with E-state index in [2.05, 4.69) is 18.7 Å². The lowest BCUT2D eigenvalue weighted by atomic mass is 10.2. The van der Waals surface area contributed by atoms with Crippen LogP contribution >= 0.6 is 0 Å². The number of benzene rings is 1. The molecule has 1 aromatic carbocycles. The Morgan fingerprint density at radius 1 is 0.962 bits per heavy atom. The maximum Gasteiger partial charge on any atom is 0.260 e. The number of hydrogen-bond acceptors (Lipinski definition) is 4. The van der Waals surface area contributed by atoms with Crippen LogP contribution in [-0.2, 0) is 9.59 Å². The molecule has 1 aliphatic heterocycles. The van der Waals surface area contributed by atoms with E-state index in [1.807, 2.05) is 36.1 Å². The summed E-state index contributed by atoms with van der Waals surface area (Å²) in [4.78, 5) is 30.5. The monoisotopic (exact) mass is 361 g/mol. The quantitative estimate of drug-likeness (QED) is 0.708. The molecule has 6 heteroatoms. The van der Waals surface area contributed by atoms with Gasteiger partial charge >= 0.3 is 0 Å². The topological polar surface area (TPSA) is 53.1 Å². The third-order valence-electron chi connectivity index (χ3n) is 4.90. The Labute approximate surface area is 156 Å². The van der Waals surface area contributed by atoms with Crippen molar-refractivity contribution < 1.29 is 14.3 Å². The van der Waals surface area contributed by atoms with Crippen molar-refractivity contribution in [2.45, 2.75) is 27.2 Å². The molecule has 6 nitrogen and oxygen atoms in total. The second-order valence-electron chi connectivity index (χ2n) is 6.64. The van der Waals surface area contributed by atoms with Crippen molar-refractivity contribution in [3.8, 4) is 5.75 Å². The van der Waals surface area contributed by atoms with E-state index in [0.29, 0.717) is 38.3 Å². The lowest BCUT2D eigenvalue weighted by Gasteiger charge is -2.35. The van der Waals surface area contributed by atoms with Crippen molar-refractivity contribution in [3.05, 3.63) is 29.8 Å². The van der Waals surface area contributed by atoms with E-state index in [4.69, 9.17) is 4.74 Å². The van der Waals surface area contributed by atoms with Crippen LogP contribution < -0.4 is 4.74 Å². The van der Waals surface area contributed by atoms with E-state index in [1.165, 1.54) is 0 Å². The number of carbonyl (C=O) groups excluding carboxylic acids is 2. The van der Waals surface area contributed by atoms with E-state index in [0.717, 1.165) is 25.2 Å². The molecule has 0 spiro atoms. The highest BCUT2D eigenvalue weighted by Gasteiger charge is 2.24. The summed E-state index contributed by atoms with van der Waals surface area (Å²) in [6.07, 6.45) is 0.548. The molecule has 0 bridgehead atoms. The van der Waals surface area contributed by atoms with Gasteiger partial charge in [0.2, 0.25) is 5.91 Å². The summed E-state index contributed by atoms with van der Waals surface area (Å²) < 4.78 is 5.56. The average molecular weight is 361 g/mol. The Morgan fingerprint density at radius 2 is 1.50 bits per heavy atom. The van der Waals surface area contributed by atoms with E-state index in [-0.39, 0.29) is 18.4 Å². The van der Waals surface area contributed by atoms with Crippen LogP contribution in [0.15, 0.2) is 24.3 Å². The summed E-state index contributed by atoms with van der Waals surface area (Å²) in [5, 5.41) is 0. The number of rotatable bonds is 8. The summed E-state index contributed by atoms with van der Waals surface area (Å²) >= 11 is 0. The number of carbonyl (C=O) groups is 2. The molecule has 0 unspecified atom stereocenters. The van der Waals surface area contributed by atoms with Crippen molar-refractivity contribution in [1.82, 2.24) is 14.7 Å². The van der Waals surface area contributed by atoms with E-state index in [9.17, 15) is 9.59 Å². The molecule has 0 atom stereocenters. The highest BCUT2D eigenvalue weighted by molar-refractivity contribution is 5.79. The molecule has 1 saturated heterocycles. The fourth-order valence-corrected chi connectivity index (χ4v) is 3.03. The van der Waals surface area contributed by atoms with Crippen molar-refractivity contribution >= 4 is 11.8 Å². The molecule has 0 saturated carbocycles. The Bertz CT molecular complexity index is 576. The highest BCUT2D eigenvalue weighted by atomic mass is 16.5. The molecular formula is C20H31N3O3. The molecule has 0 aliphatic carbocycles. The predicted octanol–water partition coefficient (Wildman–Crippen LogP) is 1.78. The standard InChI is InChI=1S/C20H31N3O3/c1-4-21(5-2)11-10-19(24)22-12-14-23(15-13-22)20(25)16-26-18-8-6-17(3)7-9-18/h6-9H,4-5,10-16H2,1-3H3. The van der Waals surface area contributed by atoms with Crippen LogP contribution in [-0.4, -0.2) is 78.9 Å². The second kappa shape index (κ2) is 10.2. The van der Waals surface area contributed by atoms with Gasteiger partial charge in [-0.15, -0.1) is 0 Å². The average Bonchev–Trinajstić information content (AvgIpc) is 2.68. The molecule has 1 fully saturated rings. The molecule has 0 aromatic heterocycles. The van der Waals surface area contributed by atoms with Crippen LogP contribution in [0.2, 0.25) is 0 Å². The van der Waals surface area contributed by atoms with Gasteiger partial charge in [0.05, 0.1) is 0 Å². The lowest BCUT2D eigenvalue weighted by Crippen LogP contribution is -2.52. The summed E-state index contributed by atoms with van der Waals surface area (Å²) in [6.45, 7) is 11.4. The summed E-state index contributed by atoms with van der Waals surface area (Å²) in [6, 6.07) is 7.66. The summed E-state index contributed by atoms with van der Waals surface area (Å²) in [5.41, 5.74) is 1.16. The number of piperazine rings is 1. The van der Waals surface area contributed by atoms with Crippen molar-refractivity contribution in [2.75, 3.05) is 52.4 Å². The minimum atomic E-state index is -0.0270. The van der Waals surface area contributed by atoms with E-state index < -0.39 is 0 Å². The summed E-state index contributed by atoms with van der Waals surface area (Å²) in [7, 11) is 0. The number of ether oxygens (including phenoxy) is 1. The van der Waals surface area contributed by atoms with Crippen LogP contribution in [0, 0.1) is 6.92 Å². The molecule has 1 heterocycles. The first-order valence-electron chi connectivity index (χ1n) is 9.50. The van der Waals surface area contributed by atoms with Crippen molar-refractivity contribution in [2.24, 2.45) is 0 Å². The zero-order valence-corrected chi connectivity index (χ0v) is 16.2. The van der Waals surface area contributed by atoms with Gasteiger partial charge in [-0.1, -0.05) is 31.5 Å². The number of aryl methyl sites for hydroxylation is 1.